The van der Waals surface area contributed by atoms with E-state index >= 15 is 0 Å². The molecule has 1 aromatic heterocycles. The molecule has 112 valence electrons. The van der Waals surface area contributed by atoms with E-state index < -0.39 is 0 Å². The second-order valence-corrected chi connectivity index (χ2v) is 5.67. The topological polar surface area (TPSA) is 24.3 Å². The first-order valence-corrected chi connectivity index (χ1v) is 7.92. The zero-order valence-corrected chi connectivity index (χ0v) is 12.8. The van der Waals surface area contributed by atoms with E-state index in [1.807, 2.05) is 23.3 Å². The van der Waals surface area contributed by atoms with Crippen molar-refractivity contribution in [1.82, 2.24) is 14.5 Å². The van der Waals surface area contributed by atoms with Gasteiger partial charge in [0.05, 0.1) is 6.33 Å². The third-order valence-electron chi connectivity index (χ3n) is 4.15. The molecule has 0 spiro atoms. The Balaban J connectivity index is 1.66. The molecule has 2 heterocycles. The van der Waals surface area contributed by atoms with Crippen LogP contribution in [0.1, 0.15) is 19.8 Å². The van der Waals surface area contributed by atoms with Crippen molar-refractivity contribution < 1.29 is 0 Å². The van der Waals surface area contributed by atoms with Crippen LogP contribution in [-0.2, 0) is 0 Å². The molecule has 2 aromatic rings. The molecule has 0 bridgehead atoms. The highest BCUT2D eigenvalue weighted by Gasteiger charge is 2.14. The van der Waals surface area contributed by atoms with Crippen LogP contribution < -0.4 is 4.90 Å². The minimum atomic E-state index is 1.13. The Hall–Kier alpha value is -1.81. The van der Waals surface area contributed by atoms with Crippen molar-refractivity contribution >= 4 is 5.69 Å². The van der Waals surface area contributed by atoms with Gasteiger partial charge in [-0.3, -0.25) is 0 Å². The minimum absolute atomic E-state index is 1.13. The van der Waals surface area contributed by atoms with Crippen molar-refractivity contribution in [3.05, 3.63) is 43.0 Å². The summed E-state index contributed by atoms with van der Waals surface area (Å²) in [6.45, 7) is 8.19. The average molecular weight is 284 g/mol. The lowest BCUT2D eigenvalue weighted by atomic mass is 10.2. The summed E-state index contributed by atoms with van der Waals surface area (Å²) >= 11 is 0. The summed E-state index contributed by atoms with van der Waals surface area (Å²) in [5, 5.41) is 0. The molecule has 0 unspecified atom stereocenters. The minimum Gasteiger partial charge on any atom is -0.370 e. The fourth-order valence-corrected chi connectivity index (χ4v) is 3.02. The lowest BCUT2D eigenvalue weighted by Crippen LogP contribution is -2.31. The zero-order valence-electron chi connectivity index (χ0n) is 12.8. The molecule has 0 amide bonds. The average Bonchev–Trinajstić information content (AvgIpc) is 2.95. The molecule has 4 nitrogen and oxygen atoms in total. The number of rotatable bonds is 4. The van der Waals surface area contributed by atoms with Crippen LogP contribution in [0.2, 0.25) is 0 Å². The number of benzene rings is 1. The number of aromatic nitrogens is 2. The predicted molar refractivity (Wildman–Crippen MR) is 87.1 cm³/mol. The number of anilines is 1. The van der Waals surface area contributed by atoms with E-state index in [9.17, 15) is 0 Å². The molecule has 1 aliphatic heterocycles. The molecule has 1 aromatic carbocycles. The zero-order chi connectivity index (χ0) is 14.5. The van der Waals surface area contributed by atoms with Crippen LogP contribution in [0.4, 0.5) is 5.69 Å². The number of imidazole rings is 1. The molecule has 1 aliphatic rings. The summed E-state index contributed by atoms with van der Waals surface area (Å²) in [6, 6.07) is 8.80. The Morgan fingerprint density at radius 2 is 1.81 bits per heavy atom. The second-order valence-electron chi connectivity index (χ2n) is 5.67. The van der Waals surface area contributed by atoms with Gasteiger partial charge in [-0.05, 0) is 50.2 Å². The summed E-state index contributed by atoms with van der Waals surface area (Å²) < 4.78 is 2.04. The molecule has 0 N–H and O–H groups in total. The molecule has 3 rings (SSSR count). The van der Waals surface area contributed by atoms with Crippen molar-refractivity contribution in [3.63, 3.8) is 0 Å². The van der Waals surface area contributed by atoms with Gasteiger partial charge in [-0.2, -0.15) is 0 Å². The monoisotopic (exact) mass is 284 g/mol. The van der Waals surface area contributed by atoms with E-state index in [1.165, 1.54) is 43.9 Å². The summed E-state index contributed by atoms with van der Waals surface area (Å²) in [5.74, 6) is 0. The van der Waals surface area contributed by atoms with E-state index in [0.29, 0.717) is 0 Å². The molecule has 0 saturated carbocycles. The normalized spacial score (nSPS) is 16.9. The lowest BCUT2D eigenvalue weighted by Gasteiger charge is -2.23. The molecule has 1 saturated heterocycles. The Bertz CT molecular complexity index is 532. The Morgan fingerprint density at radius 1 is 1.00 bits per heavy atom. The van der Waals surface area contributed by atoms with Gasteiger partial charge < -0.3 is 14.4 Å². The van der Waals surface area contributed by atoms with Crippen molar-refractivity contribution in [2.75, 3.05) is 37.6 Å². The molecular formula is C17H24N4. The molecular weight excluding hydrogens is 260 g/mol. The Labute approximate surface area is 127 Å². The molecule has 1 fully saturated rings. The maximum Gasteiger partial charge on any atom is 0.0991 e. The number of hydrogen-bond acceptors (Lipinski definition) is 3. The predicted octanol–water partition coefficient (Wildman–Crippen LogP) is 2.79. The Kier molecular flexibility index (Phi) is 4.55. The van der Waals surface area contributed by atoms with E-state index in [2.05, 4.69) is 46.0 Å². The van der Waals surface area contributed by atoms with Crippen molar-refractivity contribution in [3.8, 4) is 5.69 Å². The van der Waals surface area contributed by atoms with Gasteiger partial charge in [0.15, 0.2) is 0 Å². The van der Waals surface area contributed by atoms with Crippen LogP contribution in [0, 0.1) is 0 Å². The van der Waals surface area contributed by atoms with E-state index in [1.54, 1.807) is 0 Å². The fraction of sp³-hybridized carbons (Fsp3) is 0.471. The van der Waals surface area contributed by atoms with Crippen LogP contribution >= 0.6 is 0 Å². The van der Waals surface area contributed by atoms with Crippen LogP contribution in [0.3, 0.4) is 0 Å². The summed E-state index contributed by atoms with van der Waals surface area (Å²) in [7, 11) is 0. The summed E-state index contributed by atoms with van der Waals surface area (Å²) in [6.07, 6.45) is 8.13. The van der Waals surface area contributed by atoms with Gasteiger partial charge in [0.2, 0.25) is 0 Å². The van der Waals surface area contributed by atoms with Gasteiger partial charge in [-0.15, -0.1) is 0 Å². The van der Waals surface area contributed by atoms with Crippen molar-refractivity contribution in [1.29, 1.82) is 0 Å². The summed E-state index contributed by atoms with van der Waals surface area (Å²) in [4.78, 5) is 9.19. The van der Waals surface area contributed by atoms with Crippen LogP contribution in [-0.4, -0.2) is 47.2 Å². The van der Waals surface area contributed by atoms with E-state index in [0.717, 1.165) is 13.1 Å². The summed E-state index contributed by atoms with van der Waals surface area (Å²) in [5.41, 5.74) is 2.50. The molecule has 0 aliphatic carbocycles. The first-order valence-electron chi connectivity index (χ1n) is 7.92. The largest absolute Gasteiger partial charge is 0.370 e. The van der Waals surface area contributed by atoms with Crippen molar-refractivity contribution in [2.45, 2.75) is 19.8 Å². The lowest BCUT2D eigenvalue weighted by molar-refractivity contribution is 0.294. The van der Waals surface area contributed by atoms with Gasteiger partial charge in [0.25, 0.3) is 0 Å². The van der Waals surface area contributed by atoms with Gasteiger partial charge in [0, 0.05) is 43.4 Å². The van der Waals surface area contributed by atoms with E-state index in [-0.39, 0.29) is 0 Å². The standard InChI is InChI=1S/C17H24N4/c1-2-9-19-10-3-11-20(14-13-19)16-4-6-17(7-5-16)21-12-8-18-15-21/h4-8,12,15H,2-3,9-11,13-14H2,1H3. The maximum atomic E-state index is 4.10. The van der Waals surface area contributed by atoms with Crippen LogP contribution in [0.15, 0.2) is 43.0 Å². The fourth-order valence-electron chi connectivity index (χ4n) is 3.02. The third-order valence-corrected chi connectivity index (χ3v) is 4.15. The van der Waals surface area contributed by atoms with Crippen LogP contribution in [0.25, 0.3) is 5.69 Å². The highest BCUT2D eigenvalue weighted by atomic mass is 15.2. The number of nitrogens with zero attached hydrogens (tertiary/aromatic N) is 4. The SMILES string of the molecule is CCCN1CCCN(c2ccc(-n3ccnc3)cc2)CC1. The quantitative estimate of drug-likeness (QED) is 0.863. The Morgan fingerprint density at radius 3 is 2.52 bits per heavy atom. The molecule has 0 radical (unpaired) electrons. The van der Waals surface area contributed by atoms with Crippen LogP contribution in [0.5, 0.6) is 0 Å². The van der Waals surface area contributed by atoms with Gasteiger partial charge in [0.1, 0.15) is 0 Å². The first kappa shape index (κ1) is 14.1. The van der Waals surface area contributed by atoms with E-state index in [4.69, 9.17) is 0 Å². The van der Waals surface area contributed by atoms with Crippen molar-refractivity contribution in [2.24, 2.45) is 0 Å². The smallest absolute Gasteiger partial charge is 0.0991 e. The van der Waals surface area contributed by atoms with Gasteiger partial charge in [-0.1, -0.05) is 6.92 Å². The van der Waals surface area contributed by atoms with Gasteiger partial charge >= 0.3 is 0 Å². The third kappa shape index (κ3) is 3.45. The second kappa shape index (κ2) is 6.76. The molecule has 4 heteroatoms. The highest BCUT2D eigenvalue weighted by molar-refractivity contribution is 5.51. The first-order chi connectivity index (χ1) is 10.4. The molecule has 0 atom stereocenters. The molecule has 21 heavy (non-hydrogen) atoms. The van der Waals surface area contributed by atoms with Gasteiger partial charge in [-0.25, -0.2) is 4.98 Å². The maximum absolute atomic E-state index is 4.10. The number of hydrogen-bond donors (Lipinski definition) is 0. The highest BCUT2D eigenvalue weighted by Crippen LogP contribution is 2.19.